The molecule has 0 saturated carbocycles. The van der Waals surface area contributed by atoms with Crippen molar-refractivity contribution in [3.8, 4) is 0 Å². The summed E-state index contributed by atoms with van der Waals surface area (Å²) in [5, 5.41) is 0. The lowest BCUT2D eigenvalue weighted by Gasteiger charge is -2.23. The number of nitrogens with zero attached hydrogens (tertiary/aromatic N) is 2. The van der Waals surface area contributed by atoms with E-state index in [1.807, 2.05) is 19.1 Å². The highest BCUT2D eigenvalue weighted by Gasteiger charge is 2.24. The molecule has 1 unspecified atom stereocenters. The third-order valence-corrected chi connectivity index (χ3v) is 3.34. The Morgan fingerprint density at radius 2 is 2.24 bits per heavy atom. The maximum atomic E-state index is 11.5. The summed E-state index contributed by atoms with van der Waals surface area (Å²) in [5.41, 5.74) is 7.37. The number of hydrogen-bond acceptors (Lipinski definition) is 3. The average Bonchev–Trinajstić information content (AvgIpc) is 2.83. The molecule has 1 aliphatic heterocycles. The zero-order valence-electron chi connectivity index (χ0n) is 10.2. The van der Waals surface area contributed by atoms with Gasteiger partial charge in [-0.3, -0.25) is 9.78 Å². The van der Waals surface area contributed by atoms with Crippen LogP contribution in [0, 0.1) is 0 Å². The van der Waals surface area contributed by atoms with Crippen LogP contribution in [-0.4, -0.2) is 24.0 Å². The molecule has 1 amide bonds. The van der Waals surface area contributed by atoms with Crippen molar-refractivity contribution in [3.63, 3.8) is 0 Å². The van der Waals surface area contributed by atoms with Crippen molar-refractivity contribution in [2.24, 2.45) is 5.73 Å². The van der Waals surface area contributed by atoms with E-state index in [2.05, 4.69) is 9.88 Å². The lowest BCUT2D eigenvalue weighted by molar-refractivity contribution is -0.119. The minimum absolute atomic E-state index is 0.271. The van der Waals surface area contributed by atoms with Crippen LogP contribution in [0.4, 0.5) is 5.69 Å². The maximum absolute atomic E-state index is 11.5. The highest BCUT2D eigenvalue weighted by atomic mass is 16.1. The first-order valence-electron chi connectivity index (χ1n) is 6.23. The van der Waals surface area contributed by atoms with Gasteiger partial charge in [0.15, 0.2) is 0 Å². The minimum atomic E-state index is -0.286. The number of pyridine rings is 1. The predicted molar refractivity (Wildman–Crippen MR) is 67.9 cm³/mol. The lowest BCUT2D eigenvalue weighted by Crippen LogP contribution is -2.26. The largest absolute Gasteiger partial charge is 0.370 e. The van der Waals surface area contributed by atoms with Crippen LogP contribution >= 0.6 is 0 Å². The zero-order chi connectivity index (χ0) is 12.3. The monoisotopic (exact) mass is 233 g/mol. The van der Waals surface area contributed by atoms with Crippen LogP contribution in [0.2, 0.25) is 0 Å². The van der Waals surface area contributed by atoms with E-state index in [0.717, 1.165) is 24.5 Å². The highest BCUT2D eigenvalue weighted by molar-refractivity contribution is 5.83. The SMILES string of the molecule is CCC(C(N)=O)c1ncccc1N1CCCC1. The van der Waals surface area contributed by atoms with E-state index in [0.29, 0.717) is 6.42 Å². The number of anilines is 1. The van der Waals surface area contributed by atoms with E-state index in [1.165, 1.54) is 12.8 Å². The molecule has 4 nitrogen and oxygen atoms in total. The summed E-state index contributed by atoms with van der Waals surface area (Å²) in [6.45, 7) is 4.07. The second-order valence-corrected chi connectivity index (χ2v) is 4.47. The van der Waals surface area contributed by atoms with Gasteiger partial charge in [-0.25, -0.2) is 0 Å². The molecule has 2 heterocycles. The van der Waals surface area contributed by atoms with Gasteiger partial charge in [0, 0.05) is 19.3 Å². The average molecular weight is 233 g/mol. The molecule has 92 valence electrons. The molecule has 1 atom stereocenters. The third-order valence-electron chi connectivity index (χ3n) is 3.34. The summed E-state index contributed by atoms with van der Waals surface area (Å²) in [5.74, 6) is -0.557. The number of carbonyl (C=O) groups excluding carboxylic acids is 1. The summed E-state index contributed by atoms with van der Waals surface area (Å²) < 4.78 is 0. The Kier molecular flexibility index (Phi) is 3.61. The van der Waals surface area contributed by atoms with E-state index >= 15 is 0 Å². The number of carbonyl (C=O) groups is 1. The Morgan fingerprint density at radius 1 is 1.53 bits per heavy atom. The van der Waals surface area contributed by atoms with Gasteiger partial charge in [-0.1, -0.05) is 6.92 Å². The molecular formula is C13H19N3O. The minimum Gasteiger partial charge on any atom is -0.370 e. The molecule has 0 aromatic carbocycles. The molecule has 1 aromatic heterocycles. The van der Waals surface area contributed by atoms with E-state index in [-0.39, 0.29) is 11.8 Å². The first-order valence-corrected chi connectivity index (χ1v) is 6.23. The Morgan fingerprint density at radius 3 is 2.82 bits per heavy atom. The summed E-state index contributed by atoms with van der Waals surface area (Å²) in [6.07, 6.45) is 4.86. The van der Waals surface area contributed by atoms with Gasteiger partial charge < -0.3 is 10.6 Å². The van der Waals surface area contributed by atoms with Crippen LogP contribution in [0.3, 0.4) is 0 Å². The first kappa shape index (κ1) is 11.9. The molecule has 1 aromatic rings. The Labute approximate surface area is 102 Å². The number of hydrogen-bond donors (Lipinski definition) is 1. The molecule has 1 aliphatic rings. The summed E-state index contributed by atoms with van der Waals surface area (Å²) in [6, 6.07) is 3.96. The smallest absolute Gasteiger partial charge is 0.226 e. The van der Waals surface area contributed by atoms with E-state index in [4.69, 9.17) is 5.73 Å². The van der Waals surface area contributed by atoms with Crippen molar-refractivity contribution in [2.45, 2.75) is 32.1 Å². The molecule has 1 fully saturated rings. The highest BCUT2D eigenvalue weighted by Crippen LogP contribution is 2.29. The van der Waals surface area contributed by atoms with Gasteiger partial charge in [-0.2, -0.15) is 0 Å². The molecule has 0 bridgehead atoms. The van der Waals surface area contributed by atoms with Crippen molar-refractivity contribution < 1.29 is 4.79 Å². The zero-order valence-corrected chi connectivity index (χ0v) is 10.2. The van der Waals surface area contributed by atoms with E-state index in [1.54, 1.807) is 6.20 Å². The number of aromatic nitrogens is 1. The molecular weight excluding hydrogens is 214 g/mol. The molecule has 0 spiro atoms. The fraction of sp³-hybridized carbons (Fsp3) is 0.538. The van der Waals surface area contributed by atoms with Crippen LogP contribution in [-0.2, 0) is 4.79 Å². The molecule has 0 aliphatic carbocycles. The van der Waals surface area contributed by atoms with Gasteiger partial charge in [-0.15, -0.1) is 0 Å². The maximum Gasteiger partial charge on any atom is 0.226 e. The Balaban J connectivity index is 2.35. The van der Waals surface area contributed by atoms with Gasteiger partial charge in [0.1, 0.15) is 0 Å². The number of primary amides is 1. The second kappa shape index (κ2) is 5.17. The fourth-order valence-corrected chi connectivity index (χ4v) is 2.43. The van der Waals surface area contributed by atoms with Crippen LogP contribution < -0.4 is 10.6 Å². The summed E-state index contributed by atoms with van der Waals surface area (Å²) in [7, 11) is 0. The summed E-state index contributed by atoms with van der Waals surface area (Å²) >= 11 is 0. The van der Waals surface area contributed by atoms with E-state index in [9.17, 15) is 4.79 Å². The molecule has 0 radical (unpaired) electrons. The van der Waals surface area contributed by atoms with Gasteiger partial charge >= 0.3 is 0 Å². The molecule has 2 rings (SSSR count). The van der Waals surface area contributed by atoms with Crippen molar-refractivity contribution in [1.82, 2.24) is 4.98 Å². The van der Waals surface area contributed by atoms with Gasteiger partial charge in [-0.05, 0) is 31.4 Å². The van der Waals surface area contributed by atoms with Crippen molar-refractivity contribution in [2.75, 3.05) is 18.0 Å². The van der Waals surface area contributed by atoms with Crippen molar-refractivity contribution in [3.05, 3.63) is 24.0 Å². The predicted octanol–water partition coefficient (Wildman–Crippen LogP) is 1.66. The normalized spacial score (nSPS) is 17.1. The lowest BCUT2D eigenvalue weighted by atomic mass is 9.99. The Bertz CT molecular complexity index is 399. The Hall–Kier alpha value is -1.58. The van der Waals surface area contributed by atoms with Gasteiger partial charge in [0.2, 0.25) is 5.91 Å². The van der Waals surface area contributed by atoms with E-state index < -0.39 is 0 Å². The van der Waals surface area contributed by atoms with Crippen LogP contribution in [0.25, 0.3) is 0 Å². The fourth-order valence-electron chi connectivity index (χ4n) is 2.43. The standard InChI is InChI=1S/C13H19N3O/c1-2-10(13(14)17)12-11(6-5-7-15-12)16-8-3-4-9-16/h5-7,10H,2-4,8-9H2,1H3,(H2,14,17). The molecule has 1 saturated heterocycles. The quantitative estimate of drug-likeness (QED) is 0.860. The molecule has 17 heavy (non-hydrogen) atoms. The second-order valence-electron chi connectivity index (χ2n) is 4.47. The first-order chi connectivity index (χ1) is 8.24. The van der Waals surface area contributed by atoms with Crippen LogP contribution in [0.1, 0.15) is 37.8 Å². The topological polar surface area (TPSA) is 59.2 Å². The third kappa shape index (κ3) is 2.40. The van der Waals surface area contributed by atoms with Crippen molar-refractivity contribution in [1.29, 1.82) is 0 Å². The van der Waals surface area contributed by atoms with Crippen LogP contribution in [0.15, 0.2) is 18.3 Å². The molecule has 2 N–H and O–H groups in total. The van der Waals surface area contributed by atoms with Crippen LogP contribution in [0.5, 0.6) is 0 Å². The number of nitrogens with two attached hydrogens (primary N) is 1. The number of rotatable bonds is 4. The molecule has 4 heteroatoms. The summed E-state index contributed by atoms with van der Waals surface area (Å²) in [4.78, 5) is 18.1. The van der Waals surface area contributed by atoms with Gasteiger partial charge in [0.25, 0.3) is 0 Å². The number of amides is 1. The van der Waals surface area contributed by atoms with Crippen molar-refractivity contribution >= 4 is 11.6 Å². The van der Waals surface area contributed by atoms with Gasteiger partial charge in [0.05, 0.1) is 17.3 Å².